The highest BCUT2D eigenvalue weighted by Gasteiger charge is 2.29. The first-order chi connectivity index (χ1) is 9.64. The van der Waals surface area contributed by atoms with Crippen molar-refractivity contribution in [1.29, 1.82) is 0 Å². The van der Waals surface area contributed by atoms with Crippen LogP contribution in [0.25, 0.3) is 6.08 Å². The maximum atomic E-state index is 12.2. The quantitative estimate of drug-likeness (QED) is 0.569. The van der Waals surface area contributed by atoms with E-state index in [1.807, 2.05) is 20.8 Å². The normalized spacial score (nSPS) is 16.1. The summed E-state index contributed by atoms with van der Waals surface area (Å²) in [4.78, 5) is 0. The second-order valence-electron chi connectivity index (χ2n) is 3.72. The molecule has 1 saturated heterocycles. The van der Waals surface area contributed by atoms with Crippen LogP contribution in [0.4, 0.5) is 0 Å². The fraction of sp³-hybridized carbons (Fsp3) is 0.467. The topological polar surface area (TPSA) is 48.7 Å². The van der Waals surface area contributed by atoms with Crippen LogP contribution >= 0.6 is 7.60 Å². The predicted octanol–water partition coefficient (Wildman–Crippen LogP) is 5.19. The highest BCUT2D eigenvalue weighted by atomic mass is 31.2. The fourth-order valence-electron chi connectivity index (χ4n) is 1.71. The van der Waals surface area contributed by atoms with E-state index in [9.17, 15) is 4.57 Å². The van der Waals surface area contributed by atoms with Crippen molar-refractivity contribution in [2.45, 2.75) is 33.4 Å². The fourth-order valence-corrected chi connectivity index (χ4v) is 3.45. The Labute approximate surface area is 122 Å². The van der Waals surface area contributed by atoms with Gasteiger partial charge >= 0.3 is 7.60 Å². The molecule has 20 heavy (non-hydrogen) atoms. The standard InChI is InChI=1S/C11H15O4P.C2H6.C2H4/c1-3-11-9(2)13-7-10(11)8-16(12)14-5-4-6-15-16;2*1-2/h3,7H,1,4-6,8H2,2H3;1-2H3;1-2H2. The smallest absolute Gasteiger partial charge is 0.335 e. The van der Waals surface area contributed by atoms with Crippen molar-refractivity contribution in [3.05, 3.63) is 42.9 Å². The highest BCUT2D eigenvalue weighted by molar-refractivity contribution is 7.53. The summed E-state index contributed by atoms with van der Waals surface area (Å²) in [5.41, 5.74) is 1.71. The van der Waals surface area contributed by atoms with Gasteiger partial charge in [0.05, 0.1) is 25.6 Å². The zero-order chi connectivity index (χ0) is 15.6. The molecule has 0 atom stereocenters. The van der Waals surface area contributed by atoms with Crippen LogP contribution in [0, 0.1) is 6.92 Å². The highest BCUT2D eigenvalue weighted by Crippen LogP contribution is 2.54. The van der Waals surface area contributed by atoms with E-state index in [1.165, 1.54) is 0 Å². The second kappa shape index (κ2) is 9.76. The van der Waals surface area contributed by atoms with E-state index in [0.717, 1.165) is 23.3 Å². The van der Waals surface area contributed by atoms with Crippen molar-refractivity contribution in [3.8, 4) is 0 Å². The zero-order valence-electron chi connectivity index (χ0n) is 12.7. The summed E-state index contributed by atoms with van der Waals surface area (Å²) in [6.07, 6.45) is 4.34. The van der Waals surface area contributed by atoms with Crippen LogP contribution < -0.4 is 0 Å². The minimum absolute atomic E-state index is 0.256. The van der Waals surface area contributed by atoms with Crippen LogP contribution in [0.15, 0.2) is 30.4 Å². The van der Waals surface area contributed by atoms with E-state index >= 15 is 0 Å². The molecule has 1 fully saturated rings. The van der Waals surface area contributed by atoms with Gasteiger partial charge in [-0.05, 0) is 13.3 Å². The number of hydrogen-bond donors (Lipinski definition) is 0. The Morgan fingerprint density at radius 3 is 2.35 bits per heavy atom. The van der Waals surface area contributed by atoms with Crippen molar-refractivity contribution in [1.82, 2.24) is 0 Å². The SMILES string of the molecule is C=C.C=Cc1c(CP2(=O)OCCCO2)coc1C.CC. The third-order valence-corrected chi connectivity index (χ3v) is 4.42. The predicted molar refractivity (Wildman–Crippen MR) is 84.0 cm³/mol. The molecule has 0 N–H and O–H groups in total. The third-order valence-electron chi connectivity index (χ3n) is 2.54. The molecule has 2 heterocycles. The van der Waals surface area contributed by atoms with Crippen LogP contribution in [0.2, 0.25) is 0 Å². The zero-order valence-corrected chi connectivity index (χ0v) is 13.6. The lowest BCUT2D eigenvalue weighted by Crippen LogP contribution is -2.09. The van der Waals surface area contributed by atoms with Gasteiger partial charge in [-0.25, -0.2) is 0 Å². The molecule has 1 aliphatic rings. The van der Waals surface area contributed by atoms with Gasteiger partial charge in [-0.3, -0.25) is 4.57 Å². The van der Waals surface area contributed by atoms with Crippen molar-refractivity contribution in [2.24, 2.45) is 0 Å². The molecule has 0 amide bonds. The molecule has 0 spiro atoms. The number of rotatable bonds is 3. The van der Waals surface area contributed by atoms with E-state index in [1.54, 1.807) is 12.3 Å². The van der Waals surface area contributed by atoms with Crippen LogP contribution in [-0.2, 0) is 19.8 Å². The summed E-state index contributed by atoms with van der Waals surface area (Å²) in [6.45, 7) is 16.6. The van der Waals surface area contributed by atoms with Gasteiger partial charge in [0.15, 0.2) is 0 Å². The summed E-state index contributed by atoms with van der Waals surface area (Å²) < 4.78 is 27.9. The molecular formula is C15H25O4P. The molecular weight excluding hydrogens is 275 g/mol. The summed E-state index contributed by atoms with van der Waals surface area (Å²) in [7, 11) is -2.97. The number of furan rings is 1. The van der Waals surface area contributed by atoms with Gasteiger partial charge < -0.3 is 13.5 Å². The minimum Gasteiger partial charge on any atom is -0.469 e. The van der Waals surface area contributed by atoms with Gasteiger partial charge in [-0.1, -0.05) is 26.5 Å². The molecule has 114 valence electrons. The number of hydrogen-bond acceptors (Lipinski definition) is 4. The maximum absolute atomic E-state index is 12.2. The van der Waals surface area contributed by atoms with E-state index in [0.29, 0.717) is 13.2 Å². The first-order valence-electron chi connectivity index (χ1n) is 6.72. The molecule has 5 heteroatoms. The Balaban J connectivity index is 0.000000829. The van der Waals surface area contributed by atoms with Crippen molar-refractivity contribution in [3.63, 3.8) is 0 Å². The van der Waals surface area contributed by atoms with Crippen molar-refractivity contribution in [2.75, 3.05) is 13.2 Å². The van der Waals surface area contributed by atoms with Crippen LogP contribution in [0.1, 0.15) is 37.2 Å². The molecule has 1 aliphatic heterocycles. The average molecular weight is 300 g/mol. The van der Waals surface area contributed by atoms with Gasteiger partial charge in [0.1, 0.15) is 5.76 Å². The molecule has 0 bridgehead atoms. The summed E-state index contributed by atoms with van der Waals surface area (Å²) >= 11 is 0. The Morgan fingerprint density at radius 1 is 1.30 bits per heavy atom. The van der Waals surface area contributed by atoms with E-state index in [-0.39, 0.29) is 6.16 Å². The maximum Gasteiger partial charge on any atom is 0.335 e. The van der Waals surface area contributed by atoms with Gasteiger partial charge in [0.25, 0.3) is 0 Å². The summed E-state index contributed by atoms with van der Waals surface area (Å²) in [5, 5.41) is 0. The summed E-state index contributed by atoms with van der Waals surface area (Å²) in [6, 6.07) is 0. The van der Waals surface area contributed by atoms with Crippen LogP contribution in [-0.4, -0.2) is 13.2 Å². The lowest BCUT2D eigenvalue weighted by atomic mass is 10.2. The Kier molecular flexibility index (Phi) is 9.23. The second-order valence-corrected chi connectivity index (χ2v) is 5.78. The third kappa shape index (κ3) is 5.12. The first-order valence-corrected chi connectivity index (χ1v) is 8.45. The molecule has 0 aliphatic carbocycles. The average Bonchev–Trinajstić information content (AvgIpc) is 2.83. The van der Waals surface area contributed by atoms with Crippen molar-refractivity contribution >= 4 is 13.7 Å². The lowest BCUT2D eigenvalue weighted by Gasteiger charge is -2.22. The minimum atomic E-state index is -2.97. The van der Waals surface area contributed by atoms with Crippen LogP contribution in [0.3, 0.4) is 0 Å². The molecule has 2 rings (SSSR count). The molecule has 0 aromatic carbocycles. The van der Waals surface area contributed by atoms with Gasteiger partial charge in [-0.15, -0.1) is 13.2 Å². The monoisotopic (exact) mass is 300 g/mol. The van der Waals surface area contributed by atoms with Crippen molar-refractivity contribution < 1.29 is 18.0 Å². The Bertz CT molecular complexity index is 441. The lowest BCUT2D eigenvalue weighted by molar-refractivity contribution is 0.145. The first kappa shape index (κ1) is 18.9. The molecule has 1 aromatic heterocycles. The molecule has 0 saturated carbocycles. The van der Waals surface area contributed by atoms with Gasteiger partial charge in [0.2, 0.25) is 0 Å². The Hall–Kier alpha value is -1.09. The van der Waals surface area contributed by atoms with E-state index in [2.05, 4.69) is 19.7 Å². The molecule has 4 nitrogen and oxygen atoms in total. The van der Waals surface area contributed by atoms with Gasteiger partial charge in [0, 0.05) is 11.1 Å². The summed E-state index contributed by atoms with van der Waals surface area (Å²) in [5.74, 6) is 0.772. The molecule has 0 radical (unpaired) electrons. The van der Waals surface area contributed by atoms with Crippen LogP contribution in [0.5, 0.6) is 0 Å². The molecule has 0 unspecified atom stereocenters. The van der Waals surface area contributed by atoms with E-state index < -0.39 is 7.60 Å². The van der Waals surface area contributed by atoms with E-state index in [4.69, 9.17) is 13.5 Å². The Morgan fingerprint density at radius 2 is 1.85 bits per heavy atom. The van der Waals surface area contributed by atoms with Gasteiger partial charge in [-0.2, -0.15) is 0 Å². The largest absolute Gasteiger partial charge is 0.469 e. The number of aryl methyl sites for hydroxylation is 1. The molecule has 1 aromatic rings.